The zero-order chi connectivity index (χ0) is 16.9. The molecule has 0 radical (unpaired) electrons. The van der Waals surface area contributed by atoms with Gasteiger partial charge in [0.1, 0.15) is 4.21 Å². The van der Waals surface area contributed by atoms with Crippen LogP contribution in [0.2, 0.25) is 4.34 Å². The molecule has 130 valence electrons. The maximum absolute atomic E-state index is 12.5. The monoisotopic (exact) mass is 380 g/mol. The van der Waals surface area contributed by atoms with Crippen LogP contribution in [0.5, 0.6) is 0 Å². The van der Waals surface area contributed by atoms with E-state index in [0.29, 0.717) is 37.1 Å². The predicted octanol–water partition coefficient (Wildman–Crippen LogP) is 2.05. The molecule has 0 spiro atoms. The summed E-state index contributed by atoms with van der Waals surface area (Å²) in [6, 6.07) is 3.11. The van der Waals surface area contributed by atoms with E-state index in [4.69, 9.17) is 16.3 Å². The lowest BCUT2D eigenvalue weighted by molar-refractivity contribution is -0.145. The van der Waals surface area contributed by atoms with Crippen LogP contribution in [-0.2, 0) is 19.6 Å². The lowest BCUT2D eigenvalue weighted by atomic mass is 10.3. The Balaban J connectivity index is 1.83. The Morgan fingerprint density at radius 1 is 1.30 bits per heavy atom. The fourth-order valence-corrected chi connectivity index (χ4v) is 5.31. The molecule has 0 saturated carbocycles. The molecule has 0 N–H and O–H groups in total. The van der Waals surface area contributed by atoms with E-state index in [2.05, 4.69) is 0 Å². The van der Waals surface area contributed by atoms with Crippen LogP contribution < -0.4 is 0 Å². The van der Waals surface area contributed by atoms with Crippen LogP contribution in [0.15, 0.2) is 16.3 Å². The average molecular weight is 381 g/mol. The second-order valence-corrected chi connectivity index (χ2v) is 9.19. The van der Waals surface area contributed by atoms with Gasteiger partial charge in [0, 0.05) is 26.2 Å². The third kappa shape index (κ3) is 5.15. The Bertz CT molecular complexity index is 624. The molecule has 0 aliphatic carbocycles. The van der Waals surface area contributed by atoms with E-state index in [9.17, 15) is 13.2 Å². The van der Waals surface area contributed by atoms with Gasteiger partial charge in [-0.25, -0.2) is 8.42 Å². The number of hydrogen-bond acceptors (Lipinski definition) is 6. The molecule has 1 fully saturated rings. The van der Waals surface area contributed by atoms with E-state index in [-0.39, 0.29) is 16.7 Å². The zero-order valence-corrected chi connectivity index (χ0v) is 15.4. The first kappa shape index (κ1) is 18.7. The van der Waals surface area contributed by atoms with Gasteiger partial charge in [-0.1, -0.05) is 24.9 Å². The van der Waals surface area contributed by atoms with Gasteiger partial charge >= 0.3 is 5.97 Å². The molecule has 0 bridgehead atoms. The molecule has 1 aromatic heterocycles. The van der Waals surface area contributed by atoms with Gasteiger partial charge in [-0.05, 0) is 18.6 Å². The second kappa shape index (κ2) is 8.43. The van der Waals surface area contributed by atoms with Crippen molar-refractivity contribution in [2.24, 2.45) is 0 Å². The molecular formula is C14H21ClN2O4S2. The first-order chi connectivity index (χ1) is 10.9. The molecule has 1 saturated heterocycles. The number of thiophene rings is 1. The van der Waals surface area contributed by atoms with Gasteiger partial charge in [-0.2, -0.15) is 4.31 Å². The minimum absolute atomic E-state index is 0.211. The Kier molecular flexibility index (Phi) is 6.84. The number of sulfonamides is 1. The topological polar surface area (TPSA) is 66.9 Å². The van der Waals surface area contributed by atoms with Crippen molar-refractivity contribution >= 4 is 38.9 Å². The van der Waals surface area contributed by atoms with E-state index in [1.165, 1.54) is 10.4 Å². The van der Waals surface area contributed by atoms with Crippen molar-refractivity contribution in [3.05, 3.63) is 16.5 Å². The molecule has 2 heterocycles. The quantitative estimate of drug-likeness (QED) is 0.535. The summed E-state index contributed by atoms with van der Waals surface area (Å²) in [5.74, 6) is -0.250. The molecule has 0 unspecified atom stereocenters. The van der Waals surface area contributed by atoms with E-state index in [1.54, 1.807) is 6.07 Å². The van der Waals surface area contributed by atoms with Gasteiger partial charge in [0.25, 0.3) is 10.0 Å². The molecule has 1 aromatic rings. The summed E-state index contributed by atoms with van der Waals surface area (Å²) in [4.78, 5) is 13.6. The predicted molar refractivity (Wildman–Crippen MR) is 90.4 cm³/mol. The third-order valence-electron chi connectivity index (χ3n) is 3.59. The van der Waals surface area contributed by atoms with Crippen LogP contribution >= 0.6 is 22.9 Å². The summed E-state index contributed by atoms with van der Waals surface area (Å²) in [6.45, 7) is 4.45. The summed E-state index contributed by atoms with van der Waals surface area (Å²) < 4.78 is 32.2. The minimum atomic E-state index is -3.49. The highest BCUT2D eigenvalue weighted by molar-refractivity contribution is 7.91. The number of unbranched alkanes of at least 4 members (excludes halogenated alkanes) is 1. The lowest BCUT2D eigenvalue weighted by Crippen LogP contribution is -2.49. The van der Waals surface area contributed by atoms with E-state index in [0.717, 1.165) is 24.2 Å². The first-order valence-corrected chi connectivity index (χ1v) is 10.2. The number of nitrogens with zero attached hydrogens (tertiary/aromatic N) is 2. The van der Waals surface area contributed by atoms with Crippen molar-refractivity contribution in [2.45, 2.75) is 24.0 Å². The number of piperazine rings is 1. The highest BCUT2D eigenvalue weighted by atomic mass is 35.5. The Morgan fingerprint density at radius 3 is 2.57 bits per heavy atom. The van der Waals surface area contributed by atoms with Crippen LogP contribution in [0.1, 0.15) is 19.8 Å². The molecule has 2 rings (SSSR count). The number of rotatable bonds is 7. The van der Waals surface area contributed by atoms with Crippen molar-refractivity contribution in [2.75, 3.05) is 39.3 Å². The van der Waals surface area contributed by atoms with E-state index < -0.39 is 10.0 Å². The number of hydrogen-bond donors (Lipinski definition) is 0. The fraction of sp³-hybridized carbons (Fsp3) is 0.643. The van der Waals surface area contributed by atoms with E-state index >= 15 is 0 Å². The first-order valence-electron chi connectivity index (χ1n) is 7.57. The van der Waals surface area contributed by atoms with Crippen molar-refractivity contribution in [3.8, 4) is 0 Å². The van der Waals surface area contributed by atoms with Crippen LogP contribution in [0.4, 0.5) is 0 Å². The summed E-state index contributed by atoms with van der Waals surface area (Å²) in [7, 11) is -3.49. The molecule has 6 nitrogen and oxygen atoms in total. The molecule has 0 aromatic carbocycles. The number of carbonyl (C=O) groups excluding carboxylic acids is 1. The Labute approximate surface area is 146 Å². The van der Waals surface area contributed by atoms with Gasteiger partial charge in [0.2, 0.25) is 0 Å². The second-order valence-electron chi connectivity index (χ2n) is 5.31. The van der Waals surface area contributed by atoms with Gasteiger partial charge in [-0.15, -0.1) is 11.3 Å². The standard InChI is InChI=1S/C14H21ClN2O4S2/c1-2-3-10-21-13(18)11-16-6-8-17(9-7-16)23(19,20)14-5-4-12(15)22-14/h4-5H,2-3,6-11H2,1H3. The normalized spacial score (nSPS) is 17.3. The average Bonchev–Trinajstić information content (AvgIpc) is 2.95. The van der Waals surface area contributed by atoms with Crippen molar-refractivity contribution in [1.82, 2.24) is 9.21 Å². The maximum atomic E-state index is 12.5. The highest BCUT2D eigenvalue weighted by Crippen LogP contribution is 2.28. The van der Waals surface area contributed by atoms with E-state index in [1.807, 2.05) is 11.8 Å². The van der Waals surface area contributed by atoms with Crippen LogP contribution in [0.25, 0.3) is 0 Å². The van der Waals surface area contributed by atoms with Crippen molar-refractivity contribution in [3.63, 3.8) is 0 Å². The molecule has 1 aliphatic heterocycles. The smallest absolute Gasteiger partial charge is 0.320 e. The molecule has 9 heteroatoms. The van der Waals surface area contributed by atoms with Crippen LogP contribution in [-0.4, -0.2) is 62.9 Å². The lowest BCUT2D eigenvalue weighted by Gasteiger charge is -2.32. The summed E-state index contributed by atoms with van der Waals surface area (Å²) >= 11 is 6.87. The zero-order valence-electron chi connectivity index (χ0n) is 13.0. The maximum Gasteiger partial charge on any atom is 0.320 e. The molecule has 1 aliphatic rings. The molecule has 23 heavy (non-hydrogen) atoms. The Morgan fingerprint density at radius 2 is 2.00 bits per heavy atom. The number of halogens is 1. The van der Waals surface area contributed by atoms with Gasteiger partial charge < -0.3 is 4.74 Å². The third-order valence-corrected chi connectivity index (χ3v) is 7.18. The SMILES string of the molecule is CCCCOC(=O)CN1CCN(S(=O)(=O)c2ccc(Cl)s2)CC1. The molecule has 0 atom stereocenters. The largest absolute Gasteiger partial charge is 0.465 e. The fourth-order valence-electron chi connectivity index (χ4n) is 2.25. The van der Waals surface area contributed by atoms with Gasteiger partial charge in [0.05, 0.1) is 17.5 Å². The van der Waals surface area contributed by atoms with Crippen LogP contribution in [0.3, 0.4) is 0 Å². The van der Waals surface area contributed by atoms with Crippen molar-refractivity contribution < 1.29 is 17.9 Å². The summed E-state index contributed by atoms with van der Waals surface area (Å²) in [5.41, 5.74) is 0. The molecular weight excluding hydrogens is 360 g/mol. The van der Waals surface area contributed by atoms with Gasteiger partial charge in [0.15, 0.2) is 0 Å². The number of ether oxygens (including phenoxy) is 1. The Hall–Kier alpha value is -0.670. The number of esters is 1. The number of carbonyl (C=O) groups is 1. The van der Waals surface area contributed by atoms with Crippen LogP contribution in [0, 0.1) is 0 Å². The minimum Gasteiger partial charge on any atom is -0.465 e. The van der Waals surface area contributed by atoms with Crippen molar-refractivity contribution in [1.29, 1.82) is 0 Å². The summed E-state index contributed by atoms with van der Waals surface area (Å²) in [6.07, 6.45) is 1.84. The summed E-state index contributed by atoms with van der Waals surface area (Å²) in [5, 5.41) is 0. The highest BCUT2D eigenvalue weighted by Gasteiger charge is 2.30. The molecule has 0 amide bonds. The van der Waals surface area contributed by atoms with Gasteiger partial charge in [-0.3, -0.25) is 9.69 Å².